The maximum absolute atomic E-state index is 12.4. The first-order valence-electron chi connectivity index (χ1n) is 21.0. The summed E-state index contributed by atoms with van der Waals surface area (Å²) < 4.78 is 34.0. The second-order valence-corrected chi connectivity index (χ2v) is 34.1. The van der Waals surface area contributed by atoms with E-state index in [0.717, 1.165) is 16.8 Å². The Balaban J connectivity index is 0.000000285. The van der Waals surface area contributed by atoms with Crippen LogP contribution in [0.3, 0.4) is 0 Å². The molecule has 2 aromatic rings. The first kappa shape index (κ1) is 52.3. The van der Waals surface area contributed by atoms with Gasteiger partial charge in [-0.15, -0.1) is 0 Å². The van der Waals surface area contributed by atoms with E-state index in [2.05, 4.69) is 102 Å². The molecule has 0 aliphatic carbocycles. The van der Waals surface area contributed by atoms with E-state index in [0.29, 0.717) is 16.6 Å². The number of ether oxygens (including phenoxy) is 2. The smallest absolute Gasteiger partial charge is 0.335 e. The van der Waals surface area contributed by atoms with Gasteiger partial charge in [-0.25, -0.2) is 9.59 Å². The predicted octanol–water partition coefficient (Wildman–Crippen LogP) is 4.30. The monoisotopic (exact) mass is 922 g/mol. The van der Waals surface area contributed by atoms with Crippen molar-refractivity contribution in [3.8, 4) is 0 Å². The number of hydrogen-bond acceptors (Lipinski definition) is 13. The van der Waals surface area contributed by atoms with Crippen molar-refractivity contribution in [3.63, 3.8) is 0 Å². The third-order valence-electron chi connectivity index (χ3n) is 12.1. The Hall–Kier alpha value is -2.06. The van der Waals surface area contributed by atoms with Crippen molar-refractivity contribution in [2.24, 2.45) is 0 Å². The summed E-state index contributed by atoms with van der Waals surface area (Å²) in [7, 11) is -7.14. The lowest BCUT2D eigenvalue weighted by Gasteiger charge is -2.51. The van der Waals surface area contributed by atoms with Crippen LogP contribution in [0, 0.1) is 0 Å². The van der Waals surface area contributed by atoms with Gasteiger partial charge in [0, 0.05) is 24.5 Å². The fraction of sp³-hybridized carbons (Fsp3) is 0.795. The van der Waals surface area contributed by atoms with E-state index in [9.17, 15) is 34.5 Å². The topological polar surface area (TPSA) is 237 Å². The van der Waals surface area contributed by atoms with Gasteiger partial charge in [0.05, 0.1) is 13.2 Å². The van der Waals surface area contributed by atoms with E-state index in [1.807, 2.05) is 4.98 Å². The Morgan fingerprint density at radius 1 is 0.683 bits per heavy atom. The Labute approximate surface area is 360 Å². The zero-order valence-electron chi connectivity index (χ0n) is 37.6. The molecule has 0 radical (unpaired) electrons. The van der Waals surface area contributed by atoms with Crippen LogP contribution >= 0.6 is 11.1 Å². The highest BCUT2D eigenvalue weighted by Crippen LogP contribution is 2.48. The van der Waals surface area contributed by atoms with E-state index < -0.39 is 103 Å². The van der Waals surface area contributed by atoms with Crippen LogP contribution in [0.15, 0.2) is 43.7 Å². The summed E-state index contributed by atoms with van der Waals surface area (Å²) >= 11 is 6.68. The third-order valence-corrected chi connectivity index (χ3v) is 31.5. The summed E-state index contributed by atoms with van der Waals surface area (Å²) in [6.45, 7) is 30.3. The average molecular weight is 924 g/mol. The molecule has 344 valence electrons. The Morgan fingerprint density at radius 3 is 1.43 bits per heavy atom. The van der Waals surface area contributed by atoms with Crippen LogP contribution in [0.25, 0.3) is 0 Å². The van der Waals surface area contributed by atoms with Crippen molar-refractivity contribution in [3.05, 3.63) is 66.2 Å². The lowest BCUT2D eigenvalue weighted by Crippen LogP contribution is -2.65. The molecule has 0 aromatic carbocycles. The molecule has 3 saturated heterocycles. The standard InChI is InChI=1S/C21H38N2O7Si2.C9H21ClSi.C9H12N2O6/c1-12(2)31(13(3)4)27-11-16-19(29-32(30-31,14(5)6)15(7)8)18(25)20(28-16)23-10-9-17(24)22-21(23)26;1-7(2)11(10,8(3)4)9(5)6;12-3-4-6(14)7(15)8(17-4)11-2-1-5(13)10-9(11)16/h9-10,12-16,18-20,25H,11H2,1-8H3,(H,22,24,26);7-9H,1-6H3;1-2,4,6-8,12,14-15H,3H2,(H,10,13,16)/t16-,18?,19+,20-;;4-,6+,7?,8-/m1.1/s1. The van der Waals surface area contributed by atoms with Gasteiger partial charge in [-0.1, -0.05) is 96.9 Å². The minimum atomic E-state index is -2.91. The Morgan fingerprint density at radius 2 is 1.10 bits per heavy atom. The maximum Gasteiger partial charge on any atom is 0.335 e. The molecule has 2 unspecified atom stereocenters. The molecule has 8 atom stereocenters. The van der Waals surface area contributed by atoms with Crippen molar-refractivity contribution in [2.75, 3.05) is 13.2 Å². The van der Waals surface area contributed by atoms with Gasteiger partial charge >= 0.3 is 28.5 Å². The zero-order valence-corrected chi connectivity index (χ0v) is 41.4. The fourth-order valence-electron chi connectivity index (χ4n) is 8.73. The largest absolute Gasteiger partial charge is 0.414 e. The highest BCUT2D eigenvalue weighted by atomic mass is 35.6. The number of nitrogens with zero attached hydrogens (tertiary/aromatic N) is 2. The molecule has 21 heteroatoms. The maximum atomic E-state index is 12.4. The first-order chi connectivity index (χ1) is 27.7. The molecule has 5 rings (SSSR count). The molecular formula is C39H71ClN4O13Si3. The number of fused-ring (bicyclic) bond motifs is 1. The fourth-order valence-corrected chi connectivity index (χ4v) is 23.9. The summed E-state index contributed by atoms with van der Waals surface area (Å²) in [4.78, 5) is 50.4. The van der Waals surface area contributed by atoms with E-state index >= 15 is 0 Å². The molecule has 2 aromatic heterocycles. The van der Waals surface area contributed by atoms with Gasteiger partial charge in [-0.2, -0.15) is 11.1 Å². The summed E-state index contributed by atoms with van der Waals surface area (Å²) in [5.41, 5.74) is 0.174. The molecule has 17 nitrogen and oxygen atoms in total. The third kappa shape index (κ3) is 10.8. The van der Waals surface area contributed by atoms with Crippen LogP contribution in [0.1, 0.15) is 109 Å². The second-order valence-electron chi connectivity index (χ2n) is 18.2. The minimum Gasteiger partial charge on any atom is -0.414 e. The molecule has 60 heavy (non-hydrogen) atoms. The quantitative estimate of drug-likeness (QED) is 0.144. The van der Waals surface area contributed by atoms with Crippen LogP contribution < -0.4 is 22.5 Å². The second kappa shape index (κ2) is 21.1. The number of rotatable bonds is 10. The molecule has 3 fully saturated rings. The number of H-pyrrole nitrogens is 2. The van der Waals surface area contributed by atoms with E-state index in [-0.39, 0.29) is 28.8 Å². The number of aliphatic hydroxyl groups is 4. The highest BCUT2D eigenvalue weighted by Gasteiger charge is 2.62. The molecule has 3 aliphatic rings. The molecular weight excluding hydrogens is 852 g/mol. The minimum absolute atomic E-state index is 0.108. The molecule has 0 spiro atoms. The van der Waals surface area contributed by atoms with Crippen LogP contribution in [-0.4, -0.2) is 114 Å². The number of halogens is 1. The van der Waals surface area contributed by atoms with Gasteiger partial charge in [0.1, 0.15) is 36.6 Å². The number of aliphatic hydroxyl groups excluding tert-OH is 4. The summed E-state index contributed by atoms with van der Waals surface area (Å²) in [6, 6.07) is 2.32. The van der Waals surface area contributed by atoms with Gasteiger partial charge in [0.15, 0.2) is 19.8 Å². The lowest BCUT2D eigenvalue weighted by atomic mass is 10.1. The SMILES string of the molecule is CC(C)[Si](Cl)(C(C)C)C(C)C.CC(C)[Si]1(C(C)C)OC[C@H]2O[C@@H](n3ccc(=O)[nH]c3=O)C(O)[C@H]2O[Si](C(C)C)(C(C)C)O1.O=c1ccn([C@@H]2O[C@H](CO)[C@H](O)C2O)c(=O)[nH]1. The van der Waals surface area contributed by atoms with Crippen LogP contribution in [0.5, 0.6) is 0 Å². The van der Waals surface area contributed by atoms with Gasteiger partial charge in [0.25, 0.3) is 11.1 Å². The predicted molar refractivity (Wildman–Crippen MR) is 236 cm³/mol. The first-order valence-corrected chi connectivity index (χ1v) is 28.2. The van der Waals surface area contributed by atoms with Crippen LogP contribution in [0.4, 0.5) is 0 Å². The molecule has 0 bridgehead atoms. The highest BCUT2D eigenvalue weighted by molar-refractivity contribution is 7.22. The number of nitrogens with one attached hydrogen (secondary N) is 2. The Kier molecular flexibility index (Phi) is 18.4. The van der Waals surface area contributed by atoms with E-state index in [1.165, 1.54) is 16.8 Å². The average Bonchev–Trinajstić information content (AvgIpc) is 3.60. The van der Waals surface area contributed by atoms with Gasteiger partial charge in [-0.3, -0.25) is 28.7 Å². The number of aromatic amines is 2. The number of hydrogen-bond donors (Lipinski definition) is 6. The van der Waals surface area contributed by atoms with Crippen LogP contribution in [-0.2, 0) is 22.4 Å². The van der Waals surface area contributed by atoms with Crippen molar-refractivity contribution >= 4 is 35.6 Å². The summed E-state index contributed by atoms with van der Waals surface area (Å²) in [6.07, 6.45) is -5.62. The van der Waals surface area contributed by atoms with Gasteiger partial charge in [-0.05, 0) is 38.8 Å². The summed E-state index contributed by atoms with van der Waals surface area (Å²) in [5.74, 6) is 0. The van der Waals surface area contributed by atoms with Gasteiger partial charge in [0.2, 0.25) is 0 Å². The van der Waals surface area contributed by atoms with E-state index in [4.69, 9.17) is 38.6 Å². The van der Waals surface area contributed by atoms with Crippen molar-refractivity contribution in [1.82, 2.24) is 19.1 Å². The van der Waals surface area contributed by atoms with Gasteiger partial charge < -0.3 is 42.9 Å². The van der Waals surface area contributed by atoms with Crippen molar-refractivity contribution in [1.29, 1.82) is 0 Å². The van der Waals surface area contributed by atoms with E-state index in [1.54, 1.807) is 0 Å². The molecule has 0 amide bonds. The lowest BCUT2D eigenvalue weighted by molar-refractivity contribution is -0.0600. The van der Waals surface area contributed by atoms with Crippen molar-refractivity contribution in [2.45, 2.75) is 185 Å². The van der Waals surface area contributed by atoms with Crippen LogP contribution in [0.2, 0.25) is 38.8 Å². The molecule has 0 saturated carbocycles. The Bertz CT molecular complexity index is 1880. The van der Waals surface area contributed by atoms with Crippen molar-refractivity contribution < 1.29 is 42.9 Å². The molecule has 6 N–H and O–H groups in total. The number of aromatic nitrogens is 4. The normalized spacial score (nSPS) is 27.8. The zero-order chi connectivity index (χ0) is 45.8. The summed E-state index contributed by atoms with van der Waals surface area (Å²) in [5, 5.41) is 39.3. The molecule has 5 heterocycles. The molecule has 3 aliphatic heterocycles.